The van der Waals surface area contributed by atoms with Crippen molar-refractivity contribution in [2.24, 2.45) is 11.3 Å². The second-order valence-corrected chi connectivity index (χ2v) is 7.58. The van der Waals surface area contributed by atoms with Gasteiger partial charge in [0.2, 0.25) is 11.8 Å². The number of carboxylic acids is 1. The molecule has 0 saturated heterocycles. The number of hydrogen-bond donors (Lipinski definition) is 3. The molecule has 2 amide bonds. The zero-order chi connectivity index (χ0) is 17.7. The summed E-state index contributed by atoms with van der Waals surface area (Å²) < 4.78 is 0. The summed E-state index contributed by atoms with van der Waals surface area (Å²) in [4.78, 5) is 35.0. The van der Waals surface area contributed by atoms with Crippen LogP contribution in [0.5, 0.6) is 0 Å². The van der Waals surface area contributed by atoms with Crippen LogP contribution < -0.4 is 10.6 Å². The van der Waals surface area contributed by atoms with Crippen molar-refractivity contribution in [1.82, 2.24) is 10.6 Å². The van der Waals surface area contributed by atoms with Crippen LogP contribution in [-0.2, 0) is 14.4 Å². The van der Waals surface area contributed by atoms with Crippen LogP contribution in [0.25, 0.3) is 0 Å². The Morgan fingerprint density at radius 1 is 1.05 bits per heavy atom. The molecule has 1 unspecified atom stereocenters. The third-order valence-corrected chi connectivity index (χ3v) is 3.85. The van der Waals surface area contributed by atoms with Crippen molar-refractivity contribution in [3.05, 3.63) is 0 Å². The number of aliphatic carboxylic acids is 1. The highest BCUT2D eigenvalue weighted by molar-refractivity contribution is 5.87. The van der Waals surface area contributed by atoms with E-state index in [1.165, 1.54) is 0 Å². The molecule has 0 bridgehead atoms. The highest BCUT2D eigenvalue weighted by Crippen LogP contribution is 2.16. The van der Waals surface area contributed by atoms with E-state index in [1.807, 2.05) is 27.7 Å². The summed E-state index contributed by atoms with van der Waals surface area (Å²) in [7, 11) is 0. The van der Waals surface area contributed by atoms with Gasteiger partial charge in [0, 0.05) is 17.4 Å². The normalized spacial score (nSPS) is 13.6. The van der Waals surface area contributed by atoms with Crippen molar-refractivity contribution >= 4 is 17.8 Å². The van der Waals surface area contributed by atoms with Gasteiger partial charge in [-0.25, -0.2) is 4.79 Å². The molecule has 0 rings (SSSR count). The van der Waals surface area contributed by atoms with E-state index < -0.39 is 17.4 Å². The average Bonchev–Trinajstić information content (AvgIpc) is 2.31. The van der Waals surface area contributed by atoms with Crippen LogP contribution in [-0.4, -0.2) is 34.5 Å². The first-order valence-electron chi connectivity index (χ1n) is 7.62. The fourth-order valence-electron chi connectivity index (χ4n) is 1.47. The monoisotopic (exact) mass is 314 g/mol. The molecule has 0 heterocycles. The highest BCUT2D eigenvalue weighted by atomic mass is 16.4. The zero-order valence-electron chi connectivity index (χ0n) is 14.7. The minimum Gasteiger partial charge on any atom is -0.480 e. The molecule has 22 heavy (non-hydrogen) atoms. The molecular weight excluding hydrogens is 284 g/mol. The third kappa shape index (κ3) is 6.91. The largest absolute Gasteiger partial charge is 0.480 e. The molecule has 6 heteroatoms. The number of nitrogens with one attached hydrogen (secondary N) is 2. The molecule has 3 N–H and O–H groups in total. The minimum absolute atomic E-state index is 0.0531. The molecule has 0 aliphatic heterocycles. The van der Waals surface area contributed by atoms with Gasteiger partial charge in [0.15, 0.2) is 0 Å². The molecule has 0 radical (unpaired) electrons. The lowest BCUT2D eigenvalue weighted by molar-refractivity contribution is -0.143. The van der Waals surface area contributed by atoms with Gasteiger partial charge in [0.25, 0.3) is 0 Å². The average molecular weight is 314 g/mol. The Bertz CT molecular complexity index is 422. The predicted octanol–water partition coefficient (Wildman–Crippen LogP) is 1.93. The number of amides is 2. The SMILES string of the molecule is CC(C)C(C)(C)NC(=O)CCC(NC(=O)C(C)(C)C)C(=O)O. The first kappa shape index (κ1) is 20.4. The molecule has 0 spiro atoms. The van der Waals surface area contributed by atoms with E-state index in [9.17, 15) is 19.5 Å². The van der Waals surface area contributed by atoms with Gasteiger partial charge >= 0.3 is 5.97 Å². The first-order chi connectivity index (χ1) is 9.77. The Morgan fingerprint density at radius 2 is 1.55 bits per heavy atom. The van der Waals surface area contributed by atoms with Crippen molar-refractivity contribution in [2.45, 2.75) is 72.9 Å². The second kappa shape index (κ2) is 7.61. The maximum atomic E-state index is 12.0. The molecule has 0 aromatic carbocycles. The van der Waals surface area contributed by atoms with Gasteiger partial charge in [0.05, 0.1) is 0 Å². The maximum absolute atomic E-state index is 12.0. The van der Waals surface area contributed by atoms with Crippen molar-refractivity contribution in [1.29, 1.82) is 0 Å². The molecule has 0 fully saturated rings. The molecule has 0 aromatic rings. The smallest absolute Gasteiger partial charge is 0.326 e. The molecule has 1 atom stereocenters. The maximum Gasteiger partial charge on any atom is 0.326 e. The van der Waals surface area contributed by atoms with Crippen LogP contribution >= 0.6 is 0 Å². The van der Waals surface area contributed by atoms with E-state index in [4.69, 9.17) is 0 Å². The first-order valence-corrected chi connectivity index (χ1v) is 7.62. The van der Waals surface area contributed by atoms with Gasteiger partial charge in [-0.2, -0.15) is 0 Å². The second-order valence-electron chi connectivity index (χ2n) is 7.58. The topological polar surface area (TPSA) is 95.5 Å². The van der Waals surface area contributed by atoms with Gasteiger partial charge in [-0.1, -0.05) is 34.6 Å². The van der Waals surface area contributed by atoms with E-state index >= 15 is 0 Å². The molecule has 0 aromatic heterocycles. The van der Waals surface area contributed by atoms with Crippen LogP contribution in [0.1, 0.15) is 61.3 Å². The minimum atomic E-state index is -1.13. The zero-order valence-corrected chi connectivity index (χ0v) is 14.7. The lowest BCUT2D eigenvalue weighted by Gasteiger charge is -2.30. The highest BCUT2D eigenvalue weighted by Gasteiger charge is 2.29. The Morgan fingerprint density at radius 3 is 1.91 bits per heavy atom. The fraction of sp³-hybridized carbons (Fsp3) is 0.812. The Labute approximate surface area is 133 Å². The van der Waals surface area contributed by atoms with Crippen LogP contribution in [0.4, 0.5) is 0 Å². The van der Waals surface area contributed by atoms with Crippen molar-refractivity contribution in [3.63, 3.8) is 0 Å². The Hall–Kier alpha value is -1.59. The Kier molecular flexibility index (Phi) is 7.06. The van der Waals surface area contributed by atoms with Crippen LogP contribution in [0.3, 0.4) is 0 Å². The standard InChI is InChI=1S/C16H30N2O4/c1-10(2)16(6,7)18-12(19)9-8-11(13(20)21)17-14(22)15(3,4)5/h10-11H,8-9H2,1-7H3,(H,17,22)(H,18,19)(H,20,21). The third-order valence-electron chi connectivity index (χ3n) is 3.85. The van der Waals surface area contributed by atoms with Crippen LogP contribution in [0, 0.1) is 11.3 Å². The Balaban J connectivity index is 4.59. The van der Waals surface area contributed by atoms with Gasteiger partial charge in [0.1, 0.15) is 6.04 Å². The van der Waals surface area contributed by atoms with Gasteiger partial charge in [-0.05, 0) is 26.2 Å². The number of carbonyl (C=O) groups is 3. The van der Waals surface area contributed by atoms with E-state index in [1.54, 1.807) is 20.8 Å². The fourth-order valence-corrected chi connectivity index (χ4v) is 1.47. The summed E-state index contributed by atoms with van der Waals surface area (Å²) in [6, 6.07) is -1.06. The number of hydrogen-bond acceptors (Lipinski definition) is 3. The summed E-state index contributed by atoms with van der Waals surface area (Å²) in [6.07, 6.45) is 0.120. The van der Waals surface area contributed by atoms with Crippen LogP contribution in [0.15, 0.2) is 0 Å². The molecular formula is C16H30N2O4. The quantitative estimate of drug-likeness (QED) is 0.669. The number of carbonyl (C=O) groups excluding carboxylic acids is 2. The van der Waals surface area contributed by atoms with Gasteiger partial charge in [-0.3, -0.25) is 9.59 Å². The molecule has 128 valence electrons. The summed E-state index contributed by atoms with van der Waals surface area (Å²) >= 11 is 0. The van der Waals surface area contributed by atoms with Gasteiger partial charge in [-0.15, -0.1) is 0 Å². The van der Waals surface area contributed by atoms with E-state index in [0.717, 1.165) is 0 Å². The molecule has 6 nitrogen and oxygen atoms in total. The lowest BCUT2D eigenvalue weighted by atomic mass is 9.90. The van der Waals surface area contributed by atoms with Gasteiger partial charge < -0.3 is 15.7 Å². The predicted molar refractivity (Wildman–Crippen MR) is 85.3 cm³/mol. The van der Waals surface area contributed by atoms with Crippen LogP contribution in [0.2, 0.25) is 0 Å². The number of rotatable bonds is 7. The number of carboxylic acid groups (broad SMARTS) is 1. The summed E-state index contributed by atoms with van der Waals surface area (Å²) in [6.45, 7) is 13.0. The van der Waals surface area contributed by atoms with E-state index in [2.05, 4.69) is 10.6 Å². The van der Waals surface area contributed by atoms with Crippen molar-refractivity contribution in [3.8, 4) is 0 Å². The van der Waals surface area contributed by atoms with Crippen molar-refractivity contribution < 1.29 is 19.5 Å². The summed E-state index contributed by atoms with van der Waals surface area (Å²) in [5.74, 6) is -1.43. The van der Waals surface area contributed by atoms with E-state index in [0.29, 0.717) is 0 Å². The van der Waals surface area contributed by atoms with E-state index in [-0.39, 0.29) is 36.1 Å². The molecule has 0 aliphatic carbocycles. The summed E-state index contributed by atoms with van der Waals surface area (Å²) in [5, 5.41) is 14.5. The summed E-state index contributed by atoms with van der Waals surface area (Å²) in [5.41, 5.74) is -1.03. The lowest BCUT2D eigenvalue weighted by Crippen LogP contribution is -2.49. The van der Waals surface area contributed by atoms with Crippen molar-refractivity contribution in [2.75, 3.05) is 0 Å². The molecule has 0 aliphatic rings. The molecule has 0 saturated carbocycles.